The number of benzene rings is 2. The molecule has 7 heteroatoms. The van der Waals surface area contributed by atoms with Crippen LogP contribution in [0.15, 0.2) is 42.5 Å². The van der Waals surface area contributed by atoms with Crippen LogP contribution in [-0.2, 0) is 6.54 Å². The third kappa shape index (κ3) is 2.76. The van der Waals surface area contributed by atoms with Crippen LogP contribution < -0.4 is 14.8 Å². The van der Waals surface area contributed by atoms with Crippen molar-refractivity contribution in [2.24, 2.45) is 0 Å². The Labute approximate surface area is 139 Å². The maximum Gasteiger partial charge on any atom is 0.166 e. The predicted molar refractivity (Wildman–Crippen MR) is 88.6 cm³/mol. The molecule has 2 aromatic carbocycles. The van der Waals surface area contributed by atoms with Crippen LogP contribution in [0.25, 0.3) is 5.69 Å². The second kappa shape index (κ2) is 6.19. The molecule has 1 N–H and O–H groups in total. The Morgan fingerprint density at radius 1 is 1.12 bits per heavy atom. The van der Waals surface area contributed by atoms with Gasteiger partial charge in [-0.25, -0.2) is 0 Å². The summed E-state index contributed by atoms with van der Waals surface area (Å²) in [7, 11) is 0. The monoisotopic (exact) mass is 323 g/mol. The van der Waals surface area contributed by atoms with Gasteiger partial charge < -0.3 is 14.8 Å². The number of aromatic nitrogens is 4. The Morgan fingerprint density at radius 3 is 2.88 bits per heavy atom. The molecule has 0 saturated heterocycles. The molecule has 3 aromatic rings. The molecule has 1 aliphatic heterocycles. The number of nitrogens with one attached hydrogen (secondary N) is 1. The molecule has 0 atom stereocenters. The largest absolute Gasteiger partial charge is 0.486 e. The van der Waals surface area contributed by atoms with Crippen molar-refractivity contribution in [3.8, 4) is 17.2 Å². The summed E-state index contributed by atoms with van der Waals surface area (Å²) >= 11 is 0. The lowest BCUT2D eigenvalue weighted by molar-refractivity contribution is 0.170. The topological polar surface area (TPSA) is 74.1 Å². The number of anilines is 1. The minimum absolute atomic E-state index is 0.581. The third-order valence-electron chi connectivity index (χ3n) is 3.85. The fourth-order valence-electron chi connectivity index (χ4n) is 2.69. The second-order valence-electron chi connectivity index (χ2n) is 5.48. The molecule has 0 amide bonds. The van der Waals surface area contributed by atoms with Crippen molar-refractivity contribution >= 4 is 5.69 Å². The average Bonchev–Trinajstić information content (AvgIpc) is 3.06. The number of nitrogens with zero attached hydrogens (tertiary/aromatic N) is 4. The SMILES string of the molecule is Cc1nnnn1-c1cccc(NCc2cccc3c2OCCO3)c1. The summed E-state index contributed by atoms with van der Waals surface area (Å²) in [6, 6.07) is 13.9. The number of hydrogen-bond donors (Lipinski definition) is 1. The van der Waals surface area contributed by atoms with Gasteiger partial charge in [-0.2, -0.15) is 4.68 Å². The summed E-state index contributed by atoms with van der Waals surface area (Å²) in [6.45, 7) is 3.69. The molecule has 122 valence electrons. The number of fused-ring (bicyclic) bond motifs is 1. The van der Waals surface area contributed by atoms with E-state index in [0.29, 0.717) is 19.8 Å². The zero-order valence-corrected chi connectivity index (χ0v) is 13.3. The lowest BCUT2D eigenvalue weighted by atomic mass is 10.1. The van der Waals surface area contributed by atoms with E-state index in [-0.39, 0.29) is 0 Å². The van der Waals surface area contributed by atoms with Gasteiger partial charge in [0.25, 0.3) is 0 Å². The highest BCUT2D eigenvalue weighted by molar-refractivity contribution is 5.53. The molecule has 7 nitrogen and oxygen atoms in total. The van der Waals surface area contributed by atoms with Crippen LogP contribution in [0, 0.1) is 6.92 Å². The average molecular weight is 323 g/mol. The summed E-state index contributed by atoms with van der Waals surface area (Å²) in [4.78, 5) is 0. The molecule has 4 rings (SSSR count). The number of para-hydroxylation sites is 1. The molecule has 2 heterocycles. The maximum atomic E-state index is 5.75. The van der Waals surface area contributed by atoms with E-state index < -0.39 is 0 Å². The number of aryl methyl sites for hydroxylation is 1. The van der Waals surface area contributed by atoms with Crippen LogP contribution in [0.2, 0.25) is 0 Å². The minimum atomic E-state index is 0.581. The lowest BCUT2D eigenvalue weighted by Crippen LogP contribution is -2.17. The number of tetrazole rings is 1. The van der Waals surface area contributed by atoms with Gasteiger partial charge in [-0.05, 0) is 41.6 Å². The fraction of sp³-hybridized carbons (Fsp3) is 0.235. The minimum Gasteiger partial charge on any atom is -0.486 e. The first kappa shape index (κ1) is 14.5. The summed E-state index contributed by atoms with van der Waals surface area (Å²) < 4.78 is 13.1. The zero-order chi connectivity index (χ0) is 16.4. The van der Waals surface area contributed by atoms with E-state index in [1.54, 1.807) is 4.68 Å². The van der Waals surface area contributed by atoms with Crippen molar-refractivity contribution in [1.82, 2.24) is 20.2 Å². The molecular formula is C17H17N5O2. The summed E-state index contributed by atoms with van der Waals surface area (Å²) in [5.74, 6) is 2.37. The smallest absolute Gasteiger partial charge is 0.166 e. The van der Waals surface area contributed by atoms with Crippen molar-refractivity contribution in [3.05, 3.63) is 53.9 Å². The number of hydrogen-bond acceptors (Lipinski definition) is 6. The van der Waals surface area contributed by atoms with Crippen LogP contribution in [-0.4, -0.2) is 33.4 Å². The van der Waals surface area contributed by atoms with Crippen LogP contribution in [0.5, 0.6) is 11.5 Å². The van der Waals surface area contributed by atoms with E-state index in [1.807, 2.05) is 49.4 Å². The Morgan fingerprint density at radius 2 is 2.00 bits per heavy atom. The van der Waals surface area contributed by atoms with Gasteiger partial charge in [0, 0.05) is 17.8 Å². The van der Waals surface area contributed by atoms with E-state index in [1.165, 1.54) is 0 Å². The van der Waals surface area contributed by atoms with Gasteiger partial charge in [0.05, 0.1) is 5.69 Å². The Bertz CT molecular complexity index is 862. The van der Waals surface area contributed by atoms with Gasteiger partial charge in [-0.15, -0.1) is 5.10 Å². The van der Waals surface area contributed by atoms with Gasteiger partial charge in [0.2, 0.25) is 0 Å². The molecule has 0 spiro atoms. The van der Waals surface area contributed by atoms with Crippen molar-refractivity contribution < 1.29 is 9.47 Å². The number of ether oxygens (including phenoxy) is 2. The fourth-order valence-corrected chi connectivity index (χ4v) is 2.69. The van der Waals surface area contributed by atoms with E-state index >= 15 is 0 Å². The Kier molecular flexibility index (Phi) is 3.74. The van der Waals surface area contributed by atoms with Crippen molar-refractivity contribution in [3.63, 3.8) is 0 Å². The normalized spacial score (nSPS) is 12.9. The van der Waals surface area contributed by atoms with Crippen molar-refractivity contribution in [1.29, 1.82) is 0 Å². The highest BCUT2D eigenvalue weighted by Gasteiger charge is 2.15. The molecule has 24 heavy (non-hydrogen) atoms. The summed E-state index contributed by atoms with van der Waals surface area (Å²) in [5.41, 5.74) is 2.96. The standard InChI is InChI=1S/C17H17N5O2/c1-12-19-20-21-22(12)15-6-3-5-14(10-15)18-11-13-4-2-7-16-17(13)24-9-8-23-16/h2-7,10,18H,8-9,11H2,1H3. The van der Waals surface area contributed by atoms with Gasteiger partial charge in [0.1, 0.15) is 13.2 Å². The van der Waals surface area contributed by atoms with Gasteiger partial charge in [-0.1, -0.05) is 18.2 Å². The Hall–Kier alpha value is -3.09. The molecule has 1 aliphatic rings. The van der Waals surface area contributed by atoms with Gasteiger partial charge in [-0.3, -0.25) is 0 Å². The molecular weight excluding hydrogens is 306 g/mol. The molecule has 1 aromatic heterocycles. The van der Waals surface area contributed by atoms with Gasteiger partial charge >= 0.3 is 0 Å². The maximum absolute atomic E-state index is 5.75. The highest BCUT2D eigenvalue weighted by Crippen LogP contribution is 2.34. The van der Waals surface area contributed by atoms with Crippen LogP contribution in [0.4, 0.5) is 5.69 Å². The quantitative estimate of drug-likeness (QED) is 0.794. The lowest BCUT2D eigenvalue weighted by Gasteiger charge is -2.21. The van der Waals surface area contributed by atoms with E-state index in [0.717, 1.165) is 34.3 Å². The zero-order valence-electron chi connectivity index (χ0n) is 13.3. The molecule has 0 bridgehead atoms. The molecule has 0 fully saturated rings. The predicted octanol–water partition coefficient (Wildman–Crippen LogP) is 2.35. The highest BCUT2D eigenvalue weighted by atomic mass is 16.6. The Balaban J connectivity index is 1.54. The molecule has 0 saturated carbocycles. The number of rotatable bonds is 4. The van der Waals surface area contributed by atoms with Crippen molar-refractivity contribution in [2.75, 3.05) is 18.5 Å². The van der Waals surface area contributed by atoms with Crippen LogP contribution in [0.3, 0.4) is 0 Å². The molecule has 0 aliphatic carbocycles. The second-order valence-corrected chi connectivity index (χ2v) is 5.48. The van der Waals surface area contributed by atoms with Crippen molar-refractivity contribution in [2.45, 2.75) is 13.5 Å². The summed E-state index contributed by atoms with van der Waals surface area (Å²) in [5, 5.41) is 15.0. The molecule has 0 unspecified atom stereocenters. The first-order valence-corrected chi connectivity index (χ1v) is 7.78. The summed E-state index contributed by atoms with van der Waals surface area (Å²) in [6.07, 6.45) is 0. The molecule has 0 radical (unpaired) electrons. The van der Waals surface area contributed by atoms with Gasteiger partial charge in [0.15, 0.2) is 17.3 Å². The first-order valence-electron chi connectivity index (χ1n) is 7.78. The third-order valence-corrected chi connectivity index (χ3v) is 3.85. The first-order chi connectivity index (χ1) is 11.8. The van der Waals surface area contributed by atoms with E-state index in [2.05, 4.69) is 20.8 Å². The van der Waals surface area contributed by atoms with E-state index in [4.69, 9.17) is 9.47 Å². The van der Waals surface area contributed by atoms with Crippen LogP contribution >= 0.6 is 0 Å². The van der Waals surface area contributed by atoms with E-state index in [9.17, 15) is 0 Å². The van der Waals surface area contributed by atoms with Crippen LogP contribution in [0.1, 0.15) is 11.4 Å².